The predicted molar refractivity (Wildman–Crippen MR) is 147 cm³/mol. The van der Waals surface area contributed by atoms with Crippen LogP contribution >= 0.6 is 12.4 Å². The van der Waals surface area contributed by atoms with Crippen LogP contribution < -0.4 is 15.1 Å². The number of sulfone groups is 1. The van der Waals surface area contributed by atoms with E-state index in [1.54, 1.807) is 24.3 Å². The molecule has 1 aromatic heterocycles. The molecule has 226 valence electrons. The fourth-order valence-electron chi connectivity index (χ4n) is 4.46. The van der Waals surface area contributed by atoms with Gasteiger partial charge in [-0.3, -0.25) is 19.8 Å². The van der Waals surface area contributed by atoms with Crippen molar-refractivity contribution in [3.8, 4) is 17.0 Å². The van der Waals surface area contributed by atoms with E-state index in [9.17, 15) is 36.4 Å². The second-order valence-corrected chi connectivity index (χ2v) is 11.6. The molecule has 1 fully saturated rings. The van der Waals surface area contributed by atoms with Gasteiger partial charge in [-0.1, -0.05) is 24.3 Å². The number of benzene rings is 2. The molecule has 3 aromatic rings. The monoisotopic (exact) mass is 629 g/mol. The van der Waals surface area contributed by atoms with Crippen molar-refractivity contribution >= 4 is 39.7 Å². The number of nitrogens with one attached hydrogen (secondary N) is 1. The van der Waals surface area contributed by atoms with E-state index >= 15 is 0 Å². The van der Waals surface area contributed by atoms with Crippen LogP contribution in [0.25, 0.3) is 11.3 Å². The van der Waals surface area contributed by atoms with Crippen LogP contribution in [-0.2, 0) is 30.6 Å². The Bertz CT molecular complexity index is 1500. The lowest BCUT2D eigenvalue weighted by molar-refractivity contribution is -0.274. The minimum absolute atomic E-state index is 0. The van der Waals surface area contributed by atoms with E-state index < -0.39 is 32.6 Å². The van der Waals surface area contributed by atoms with Crippen molar-refractivity contribution in [2.75, 3.05) is 25.2 Å². The Balaban J connectivity index is 0.00000484. The fraction of sp³-hybridized carbons (Fsp3) is 0.296. The van der Waals surface area contributed by atoms with Gasteiger partial charge in [-0.05, 0) is 54.8 Å². The zero-order valence-electron chi connectivity index (χ0n) is 22.1. The van der Waals surface area contributed by atoms with Crippen LogP contribution in [0.5, 0.6) is 5.75 Å². The molecule has 15 heteroatoms. The molecule has 4 rings (SSSR count). The molecular weight excluding hydrogens is 603 g/mol. The van der Waals surface area contributed by atoms with Gasteiger partial charge in [-0.25, -0.2) is 13.9 Å². The molecule has 0 spiro atoms. The lowest BCUT2D eigenvalue weighted by atomic mass is 9.98. The molecule has 10 nitrogen and oxygen atoms in total. The number of aromatic nitrogens is 1. The van der Waals surface area contributed by atoms with Crippen molar-refractivity contribution in [2.45, 2.75) is 35.3 Å². The van der Waals surface area contributed by atoms with Gasteiger partial charge >= 0.3 is 6.36 Å². The molecule has 1 saturated heterocycles. The van der Waals surface area contributed by atoms with E-state index in [1.807, 2.05) is 0 Å². The molecule has 0 aliphatic carbocycles. The normalized spacial score (nSPS) is 14.8. The van der Waals surface area contributed by atoms with Gasteiger partial charge in [0.25, 0.3) is 5.91 Å². The van der Waals surface area contributed by atoms with E-state index in [0.29, 0.717) is 22.5 Å². The fourth-order valence-corrected chi connectivity index (χ4v) is 6.34. The average molecular weight is 630 g/mol. The summed E-state index contributed by atoms with van der Waals surface area (Å²) >= 11 is 0. The Kier molecular flexibility index (Phi) is 10.2. The number of pyridine rings is 1. The van der Waals surface area contributed by atoms with Crippen LogP contribution in [0.2, 0.25) is 0 Å². The van der Waals surface area contributed by atoms with Gasteiger partial charge in [0.15, 0.2) is 14.6 Å². The van der Waals surface area contributed by atoms with Crippen LogP contribution in [-0.4, -0.2) is 61.8 Å². The summed E-state index contributed by atoms with van der Waals surface area (Å²) in [7, 11) is -2.70. The second-order valence-electron chi connectivity index (χ2n) is 9.30. The Morgan fingerprint density at radius 1 is 1.05 bits per heavy atom. The minimum atomic E-state index is -4.81. The summed E-state index contributed by atoms with van der Waals surface area (Å²) in [5.74, 6) is -1.72. The van der Waals surface area contributed by atoms with Crippen LogP contribution in [0.15, 0.2) is 71.8 Å². The first kappa shape index (κ1) is 32.8. The maximum atomic E-state index is 13.4. The maximum absolute atomic E-state index is 13.4. The molecule has 42 heavy (non-hydrogen) atoms. The topological polar surface area (TPSA) is 135 Å². The van der Waals surface area contributed by atoms with E-state index in [1.165, 1.54) is 41.7 Å². The largest absolute Gasteiger partial charge is 0.573 e. The molecule has 2 amide bonds. The van der Waals surface area contributed by atoms with E-state index in [0.717, 1.165) is 18.3 Å². The summed E-state index contributed by atoms with van der Waals surface area (Å²) in [4.78, 5) is 30.5. The van der Waals surface area contributed by atoms with Crippen molar-refractivity contribution < 1.29 is 45.9 Å². The molecule has 1 aliphatic rings. The van der Waals surface area contributed by atoms with Gasteiger partial charge in [-0.2, -0.15) is 0 Å². The van der Waals surface area contributed by atoms with Gasteiger partial charge < -0.3 is 14.4 Å². The summed E-state index contributed by atoms with van der Waals surface area (Å²) in [6, 6.07) is 14.6. The number of hydrogen-bond acceptors (Lipinski definition) is 8. The van der Waals surface area contributed by atoms with Gasteiger partial charge in [0.2, 0.25) is 5.91 Å². The number of rotatable bonds is 8. The molecule has 0 saturated carbocycles. The molecule has 0 unspecified atom stereocenters. The molecule has 2 heterocycles. The number of ether oxygens (including phenoxy) is 2. The van der Waals surface area contributed by atoms with Crippen molar-refractivity contribution in [3.05, 3.63) is 72.4 Å². The number of alkyl halides is 3. The highest BCUT2D eigenvalue weighted by molar-refractivity contribution is 7.93. The zero-order valence-corrected chi connectivity index (χ0v) is 23.8. The first-order valence-electron chi connectivity index (χ1n) is 12.3. The number of nitrogens with zero attached hydrogens (tertiary/aromatic N) is 2. The van der Waals surface area contributed by atoms with Gasteiger partial charge in [0, 0.05) is 37.7 Å². The number of carbonyl (C=O) groups is 2. The standard InChI is InChI=1S/C27H26F3N3O7S.ClH/c1-33(20-6-8-21(9-7-20)40-27(28,29)30)24(34)16-18-2-4-19(5-3-18)23-11-10-22(17-31-23)41(37,38)26(25(35)32-36)12-14-39-15-13-26;/h2-11,17,36H,12-16H2,1H3,(H,32,35);1H. The molecule has 0 radical (unpaired) electrons. The molecule has 0 bridgehead atoms. The van der Waals surface area contributed by atoms with Crippen molar-refractivity contribution in [3.63, 3.8) is 0 Å². The number of likely N-dealkylation sites (N-methyl/N-ethyl adjacent to an activating group) is 1. The number of hydroxylamine groups is 1. The second kappa shape index (κ2) is 13.1. The first-order chi connectivity index (χ1) is 19.4. The van der Waals surface area contributed by atoms with Gasteiger partial charge in [-0.15, -0.1) is 25.6 Å². The average Bonchev–Trinajstić information content (AvgIpc) is 2.96. The summed E-state index contributed by atoms with van der Waals surface area (Å²) in [5.41, 5.74) is 3.62. The third kappa shape index (κ3) is 7.01. The first-order valence-corrected chi connectivity index (χ1v) is 13.8. The third-order valence-electron chi connectivity index (χ3n) is 6.81. The van der Waals surface area contributed by atoms with Crippen molar-refractivity contribution in [2.24, 2.45) is 0 Å². The quantitative estimate of drug-likeness (QED) is 0.281. The van der Waals surface area contributed by atoms with Gasteiger partial charge in [0.05, 0.1) is 17.0 Å². The molecule has 2 N–H and O–H groups in total. The van der Waals surface area contributed by atoms with E-state index in [2.05, 4.69) is 9.72 Å². The maximum Gasteiger partial charge on any atom is 0.573 e. The van der Waals surface area contributed by atoms with Crippen LogP contribution in [0.1, 0.15) is 18.4 Å². The number of hydrogen-bond donors (Lipinski definition) is 2. The Morgan fingerprint density at radius 2 is 1.67 bits per heavy atom. The van der Waals surface area contributed by atoms with Crippen LogP contribution in [0.3, 0.4) is 0 Å². The van der Waals surface area contributed by atoms with Crippen molar-refractivity contribution in [1.29, 1.82) is 0 Å². The minimum Gasteiger partial charge on any atom is -0.406 e. The van der Waals surface area contributed by atoms with Crippen LogP contribution in [0.4, 0.5) is 18.9 Å². The van der Waals surface area contributed by atoms with Gasteiger partial charge in [0.1, 0.15) is 5.75 Å². The smallest absolute Gasteiger partial charge is 0.406 e. The summed E-state index contributed by atoms with van der Waals surface area (Å²) in [6.07, 6.45) is -3.87. The van der Waals surface area contributed by atoms with Crippen LogP contribution in [0, 0.1) is 0 Å². The molecule has 2 aromatic carbocycles. The predicted octanol–water partition coefficient (Wildman–Crippen LogP) is 4.10. The summed E-state index contributed by atoms with van der Waals surface area (Å²) in [5, 5.41) is 9.18. The lowest BCUT2D eigenvalue weighted by Gasteiger charge is -2.34. The highest BCUT2D eigenvalue weighted by Crippen LogP contribution is 2.35. The summed E-state index contributed by atoms with van der Waals surface area (Å²) < 4.78 is 71.0. The van der Waals surface area contributed by atoms with Crippen molar-refractivity contribution in [1.82, 2.24) is 10.5 Å². The summed E-state index contributed by atoms with van der Waals surface area (Å²) in [6.45, 7) is 0.0952. The Morgan fingerprint density at radius 3 is 2.19 bits per heavy atom. The zero-order chi connectivity index (χ0) is 29.8. The van der Waals surface area contributed by atoms with E-state index in [-0.39, 0.29) is 55.7 Å². The highest BCUT2D eigenvalue weighted by Gasteiger charge is 2.52. The Hall–Kier alpha value is -3.72. The Labute approximate surface area is 245 Å². The number of amides is 2. The SMILES string of the molecule is CN(C(=O)Cc1ccc(-c2ccc(S(=O)(=O)C3(C(=O)NO)CCOCC3)cn2)cc1)c1ccc(OC(F)(F)F)cc1.Cl. The lowest BCUT2D eigenvalue weighted by Crippen LogP contribution is -2.54. The van der Waals surface area contributed by atoms with E-state index in [4.69, 9.17) is 4.74 Å². The molecular formula is C27H27ClF3N3O7S. The third-order valence-corrected chi connectivity index (χ3v) is 9.30. The highest BCUT2D eigenvalue weighted by atomic mass is 35.5. The number of anilines is 1. The number of carbonyl (C=O) groups excluding carboxylic acids is 2. The number of halogens is 4. The molecule has 0 atom stereocenters. The molecule has 1 aliphatic heterocycles.